The lowest BCUT2D eigenvalue weighted by Crippen LogP contribution is -2.42. The van der Waals surface area contributed by atoms with Crippen LogP contribution in [0.2, 0.25) is 0 Å². The lowest BCUT2D eigenvalue weighted by molar-refractivity contribution is -0.145. The van der Waals surface area contributed by atoms with Gasteiger partial charge in [-0.25, -0.2) is 4.79 Å². The Hall–Kier alpha value is -1.03. The summed E-state index contributed by atoms with van der Waals surface area (Å²) in [4.78, 5) is 11.6. The fourth-order valence-electron chi connectivity index (χ4n) is 1.90. The summed E-state index contributed by atoms with van der Waals surface area (Å²) in [7, 11) is 1.41. The predicted molar refractivity (Wildman–Crippen MR) is 61.9 cm³/mol. The Labute approximate surface area is 96.9 Å². The number of benzene rings is 1. The second-order valence-electron chi connectivity index (χ2n) is 3.89. The molecule has 1 atom stereocenters. The van der Waals surface area contributed by atoms with Crippen molar-refractivity contribution in [2.45, 2.75) is 18.9 Å². The van der Waals surface area contributed by atoms with E-state index in [4.69, 9.17) is 4.74 Å². The molecule has 3 nitrogen and oxygen atoms in total. The summed E-state index contributed by atoms with van der Waals surface area (Å²) in [5.41, 5.74) is 1.49. The Morgan fingerprint density at radius 3 is 2.93 bits per heavy atom. The Morgan fingerprint density at radius 2 is 2.33 bits per heavy atom. The third kappa shape index (κ3) is 1.63. The third-order valence-corrected chi connectivity index (χ3v) is 3.44. The lowest BCUT2D eigenvalue weighted by atomic mass is 9.98. The summed E-state index contributed by atoms with van der Waals surface area (Å²) in [5, 5.41) is 3.20. The van der Waals surface area contributed by atoms with Gasteiger partial charge in [0.25, 0.3) is 0 Å². The molecule has 0 bridgehead atoms. The summed E-state index contributed by atoms with van der Waals surface area (Å²) in [6, 6.07) is 5.89. The van der Waals surface area contributed by atoms with Crippen LogP contribution in [-0.2, 0) is 16.0 Å². The topological polar surface area (TPSA) is 38.3 Å². The highest BCUT2D eigenvalue weighted by Gasteiger charge is 2.40. The van der Waals surface area contributed by atoms with Gasteiger partial charge in [0.15, 0.2) is 0 Å². The minimum Gasteiger partial charge on any atom is -0.467 e. The van der Waals surface area contributed by atoms with E-state index in [9.17, 15) is 4.79 Å². The van der Waals surface area contributed by atoms with Crippen molar-refractivity contribution >= 4 is 27.6 Å². The first-order valence-corrected chi connectivity index (χ1v) is 5.50. The first-order chi connectivity index (χ1) is 7.07. The summed E-state index contributed by atoms with van der Waals surface area (Å²) in [5.74, 6) is -0.231. The summed E-state index contributed by atoms with van der Waals surface area (Å²) in [6.45, 7) is 1.85. The average Bonchev–Trinajstić information content (AvgIpc) is 2.57. The average molecular weight is 270 g/mol. The van der Waals surface area contributed by atoms with Crippen molar-refractivity contribution < 1.29 is 9.53 Å². The fraction of sp³-hybridized carbons (Fsp3) is 0.364. The first kappa shape index (κ1) is 10.5. The van der Waals surface area contributed by atoms with E-state index in [2.05, 4.69) is 21.2 Å². The molecule has 1 unspecified atom stereocenters. The van der Waals surface area contributed by atoms with Crippen LogP contribution in [0.3, 0.4) is 0 Å². The third-order valence-electron chi connectivity index (χ3n) is 2.70. The highest BCUT2D eigenvalue weighted by atomic mass is 79.9. The van der Waals surface area contributed by atoms with Crippen LogP contribution in [0.15, 0.2) is 22.7 Å². The standard InChI is InChI=1S/C11H12BrNO2/c1-11(10(14)15-2)6-7-8(12)4-3-5-9(7)13-11/h3-5,13H,6H2,1-2H3. The molecule has 0 radical (unpaired) electrons. The van der Waals surface area contributed by atoms with Crippen LogP contribution in [0, 0.1) is 0 Å². The van der Waals surface area contributed by atoms with Crippen molar-refractivity contribution in [3.8, 4) is 0 Å². The van der Waals surface area contributed by atoms with Crippen molar-refractivity contribution in [3.63, 3.8) is 0 Å². The molecule has 0 saturated heterocycles. The molecule has 0 aliphatic carbocycles. The number of carbonyl (C=O) groups is 1. The number of fused-ring (bicyclic) bond motifs is 1. The minimum absolute atomic E-state index is 0.231. The van der Waals surface area contributed by atoms with Gasteiger partial charge >= 0.3 is 5.97 Å². The molecule has 0 amide bonds. The van der Waals surface area contributed by atoms with Crippen molar-refractivity contribution in [2.24, 2.45) is 0 Å². The van der Waals surface area contributed by atoms with Gasteiger partial charge in [-0.2, -0.15) is 0 Å². The van der Waals surface area contributed by atoms with Crippen LogP contribution in [0.25, 0.3) is 0 Å². The monoisotopic (exact) mass is 269 g/mol. The van der Waals surface area contributed by atoms with Crippen molar-refractivity contribution in [1.29, 1.82) is 0 Å². The predicted octanol–water partition coefficient (Wildman–Crippen LogP) is 2.35. The van der Waals surface area contributed by atoms with Crippen molar-refractivity contribution in [1.82, 2.24) is 0 Å². The number of hydrogen-bond acceptors (Lipinski definition) is 3. The number of nitrogens with one attached hydrogen (secondary N) is 1. The maximum absolute atomic E-state index is 11.6. The number of carbonyl (C=O) groups excluding carboxylic acids is 1. The molecule has 1 N–H and O–H groups in total. The van der Waals surface area contributed by atoms with Crippen LogP contribution in [0.1, 0.15) is 12.5 Å². The van der Waals surface area contributed by atoms with Gasteiger partial charge in [0.2, 0.25) is 0 Å². The normalized spacial score (nSPS) is 23.1. The van der Waals surface area contributed by atoms with Gasteiger partial charge < -0.3 is 10.1 Å². The highest BCUT2D eigenvalue weighted by molar-refractivity contribution is 9.10. The van der Waals surface area contributed by atoms with E-state index < -0.39 is 5.54 Å². The van der Waals surface area contributed by atoms with Gasteiger partial charge in [0, 0.05) is 16.6 Å². The molecule has 1 heterocycles. The Morgan fingerprint density at radius 1 is 1.60 bits per heavy atom. The van der Waals surface area contributed by atoms with Gasteiger partial charge in [0.05, 0.1) is 7.11 Å². The van der Waals surface area contributed by atoms with Gasteiger partial charge in [-0.3, -0.25) is 0 Å². The molecule has 15 heavy (non-hydrogen) atoms. The number of esters is 1. The summed E-state index contributed by atoms with van der Waals surface area (Å²) in [6.07, 6.45) is 0.649. The zero-order valence-electron chi connectivity index (χ0n) is 8.63. The molecule has 0 spiro atoms. The largest absolute Gasteiger partial charge is 0.467 e. The van der Waals surface area contributed by atoms with Crippen molar-refractivity contribution in [3.05, 3.63) is 28.2 Å². The Balaban J connectivity index is 2.37. The maximum Gasteiger partial charge on any atom is 0.331 e. The van der Waals surface area contributed by atoms with Crippen molar-refractivity contribution in [2.75, 3.05) is 12.4 Å². The van der Waals surface area contributed by atoms with E-state index in [1.54, 1.807) is 0 Å². The van der Waals surface area contributed by atoms with Crippen LogP contribution >= 0.6 is 15.9 Å². The smallest absolute Gasteiger partial charge is 0.331 e. The second-order valence-corrected chi connectivity index (χ2v) is 4.75. The van der Waals surface area contributed by atoms with Crippen LogP contribution in [-0.4, -0.2) is 18.6 Å². The number of anilines is 1. The number of methoxy groups -OCH3 is 1. The van der Waals surface area contributed by atoms with E-state index >= 15 is 0 Å². The molecule has 0 aromatic heterocycles. The van der Waals surface area contributed by atoms with E-state index in [0.29, 0.717) is 6.42 Å². The highest BCUT2D eigenvalue weighted by Crippen LogP contribution is 2.37. The number of hydrogen-bond donors (Lipinski definition) is 1. The molecule has 0 saturated carbocycles. The van der Waals surface area contributed by atoms with E-state index in [0.717, 1.165) is 15.7 Å². The fourth-order valence-corrected chi connectivity index (χ4v) is 2.41. The number of halogens is 1. The molecule has 4 heteroatoms. The summed E-state index contributed by atoms with van der Waals surface area (Å²) >= 11 is 3.48. The first-order valence-electron chi connectivity index (χ1n) is 4.71. The molecule has 1 aromatic rings. The molecule has 1 aromatic carbocycles. The minimum atomic E-state index is -0.638. The molecule has 1 aliphatic rings. The summed E-state index contributed by atoms with van der Waals surface area (Å²) < 4.78 is 5.82. The molecular weight excluding hydrogens is 258 g/mol. The van der Waals surface area contributed by atoms with Gasteiger partial charge in [-0.1, -0.05) is 22.0 Å². The van der Waals surface area contributed by atoms with Gasteiger partial charge in [0.1, 0.15) is 5.54 Å². The SMILES string of the molecule is COC(=O)C1(C)Cc2c(Br)cccc2N1. The number of ether oxygens (including phenoxy) is 1. The Bertz CT molecular complexity index is 419. The maximum atomic E-state index is 11.6. The van der Waals surface area contributed by atoms with Crippen LogP contribution in [0.4, 0.5) is 5.69 Å². The zero-order valence-corrected chi connectivity index (χ0v) is 10.2. The molecule has 80 valence electrons. The van der Waals surface area contributed by atoms with Gasteiger partial charge in [-0.05, 0) is 24.6 Å². The molecule has 0 fully saturated rings. The molecule has 1 aliphatic heterocycles. The number of rotatable bonds is 1. The Kier molecular flexibility index (Phi) is 2.46. The van der Waals surface area contributed by atoms with Crippen LogP contribution in [0.5, 0.6) is 0 Å². The zero-order chi connectivity index (χ0) is 11.1. The van der Waals surface area contributed by atoms with Crippen LogP contribution < -0.4 is 5.32 Å². The molecular formula is C11H12BrNO2. The molecule has 2 rings (SSSR count). The van der Waals surface area contributed by atoms with E-state index in [1.165, 1.54) is 7.11 Å². The van der Waals surface area contributed by atoms with E-state index in [1.807, 2.05) is 25.1 Å². The quantitative estimate of drug-likeness (QED) is 0.796. The van der Waals surface area contributed by atoms with Gasteiger partial charge in [-0.15, -0.1) is 0 Å². The lowest BCUT2D eigenvalue weighted by Gasteiger charge is -2.21. The van der Waals surface area contributed by atoms with E-state index in [-0.39, 0.29) is 5.97 Å². The second kappa shape index (κ2) is 3.52.